The second kappa shape index (κ2) is 8.45. The van der Waals surface area contributed by atoms with Gasteiger partial charge in [0.05, 0.1) is 17.8 Å². The molecule has 0 spiro atoms. The second-order valence-electron chi connectivity index (χ2n) is 8.71. The Kier molecular flexibility index (Phi) is 6.47. The topological polar surface area (TPSA) is 127 Å². The van der Waals surface area contributed by atoms with E-state index in [9.17, 15) is 20.1 Å². The SMILES string of the molecule is CC(=O)NC1C(O)[C@H](O)C(CO)O[C@H]1Oc1ccc(B2OC(C)(C)C(C)(C)O2)cc1. The van der Waals surface area contributed by atoms with E-state index in [2.05, 4.69) is 5.32 Å². The van der Waals surface area contributed by atoms with Gasteiger partial charge in [-0.05, 0) is 45.3 Å². The standard InChI is InChI=1S/C20H30BNO8/c1-11(24)22-15-17(26)16(25)14(10-23)28-18(15)27-13-8-6-12(7-9-13)21-29-19(2,3)20(4,5)30-21/h6-9,14-18,23,25-26H,10H2,1-5H3,(H,22,24)/t14?,15?,16-,17?,18-/m1/s1. The van der Waals surface area contributed by atoms with Gasteiger partial charge in [-0.3, -0.25) is 4.79 Å². The van der Waals surface area contributed by atoms with E-state index in [4.69, 9.17) is 18.8 Å². The fraction of sp³-hybridized carbons (Fsp3) is 0.650. The highest BCUT2D eigenvalue weighted by atomic mass is 16.7. The molecule has 1 aromatic carbocycles. The number of hydrogen-bond donors (Lipinski definition) is 4. The van der Waals surface area contributed by atoms with Crippen molar-refractivity contribution in [3.63, 3.8) is 0 Å². The Labute approximate surface area is 176 Å². The van der Waals surface area contributed by atoms with Crippen LogP contribution in [0.2, 0.25) is 0 Å². The third kappa shape index (κ3) is 4.49. The average molecular weight is 423 g/mol. The normalized spacial score (nSPS) is 32.7. The number of rotatable bonds is 5. The first-order valence-electron chi connectivity index (χ1n) is 9.97. The van der Waals surface area contributed by atoms with Crippen LogP contribution >= 0.6 is 0 Å². The fourth-order valence-electron chi connectivity index (χ4n) is 3.39. The van der Waals surface area contributed by atoms with E-state index in [0.29, 0.717) is 5.75 Å². The van der Waals surface area contributed by atoms with Crippen LogP contribution in [0.1, 0.15) is 34.6 Å². The van der Waals surface area contributed by atoms with Crippen molar-refractivity contribution in [1.82, 2.24) is 5.32 Å². The van der Waals surface area contributed by atoms with Crippen molar-refractivity contribution in [2.24, 2.45) is 0 Å². The van der Waals surface area contributed by atoms with Gasteiger partial charge >= 0.3 is 7.12 Å². The van der Waals surface area contributed by atoms with Gasteiger partial charge in [0.25, 0.3) is 0 Å². The quantitative estimate of drug-likeness (QED) is 0.459. The number of ether oxygens (including phenoxy) is 2. The summed E-state index contributed by atoms with van der Waals surface area (Å²) < 4.78 is 23.5. The lowest BCUT2D eigenvalue weighted by atomic mass is 9.79. The highest BCUT2D eigenvalue weighted by Gasteiger charge is 2.51. The van der Waals surface area contributed by atoms with Crippen LogP contribution in [0.25, 0.3) is 0 Å². The summed E-state index contributed by atoms with van der Waals surface area (Å²) in [5.41, 5.74) is -0.0948. The molecule has 3 rings (SSSR count). The first-order chi connectivity index (χ1) is 13.9. The Balaban J connectivity index is 1.74. The molecule has 0 saturated carbocycles. The van der Waals surface area contributed by atoms with Crippen LogP contribution < -0.4 is 15.5 Å². The molecule has 2 aliphatic heterocycles. The molecule has 2 saturated heterocycles. The molecule has 2 aliphatic rings. The Morgan fingerprint density at radius 1 is 1.10 bits per heavy atom. The minimum absolute atomic E-state index is 0.413. The van der Waals surface area contributed by atoms with Crippen molar-refractivity contribution < 1.29 is 38.9 Å². The van der Waals surface area contributed by atoms with Crippen LogP contribution in [0.4, 0.5) is 0 Å². The first-order valence-corrected chi connectivity index (χ1v) is 9.97. The molecule has 1 amide bonds. The smallest absolute Gasteiger partial charge is 0.463 e. The van der Waals surface area contributed by atoms with Gasteiger partial charge in [0, 0.05) is 6.92 Å². The van der Waals surface area contributed by atoms with Crippen molar-refractivity contribution in [2.45, 2.75) is 76.5 Å². The van der Waals surface area contributed by atoms with E-state index in [-0.39, 0.29) is 0 Å². The molecular weight excluding hydrogens is 393 g/mol. The van der Waals surface area contributed by atoms with E-state index in [1.807, 2.05) is 27.7 Å². The Hall–Kier alpha value is -1.69. The lowest BCUT2D eigenvalue weighted by Gasteiger charge is -2.42. The van der Waals surface area contributed by atoms with Gasteiger partial charge in [-0.2, -0.15) is 0 Å². The number of aliphatic hydroxyl groups excluding tert-OH is 3. The minimum Gasteiger partial charge on any atom is -0.463 e. The predicted octanol–water partition coefficient (Wildman–Crippen LogP) is -0.692. The van der Waals surface area contributed by atoms with E-state index in [1.165, 1.54) is 6.92 Å². The summed E-state index contributed by atoms with van der Waals surface area (Å²) in [6, 6.07) is 5.97. The molecule has 2 heterocycles. The van der Waals surface area contributed by atoms with Crippen LogP contribution in [0, 0.1) is 0 Å². The zero-order valence-electron chi connectivity index (χ0n) is 17.9. The minimum atomic E-state index is -1.37. The molecule has 5 atom stereocenters. The predicted molar refractivity (Wildman–Crippen MR) is 108 cm³/mol. The molecule has 166 valence electrons. The third-order valence-corrected chi connectivity index (χ3v) is 5.91. The van der Waals surface area contributed by atoms with Crippen molar-refractivity contribution in [3.8, 4) is 5.75 Å². The van der Waals surface area contributed by atoms with Crippen molar-refractivity contribution in [3.05, 3.63) is 24.3 Å². The lowest BCUT2D eigenvalue weighted by molar-refractivity contribution is -0.244. The fourth-order valence-corrected chi connectivity index (χ4v) is 3.39. The molecule has 9 nitrogen and oxygen atoms in total. The van der Waals surface area contributed by atoms with Crippen molar-refractivity contribution in [1.29, 1.82) is 0 Å². The van der Waals surface area contributed by atoms with Gasteiger partial charge in [0.2, 0.25) is 12.2 Å². The van der Waals surface area contributed by atoms with Crippen molar-refractivity contribution in [2.75, 3.05) is 6.61 Å². The van der Waals surface area contributed by atoms with E-state index >= 15 is 0 Å². The Morgan fingerprint density at radius 2 is 1.67 bits per heavy atom. The maximum absolute atomic E-state index is 11.5. The van der Waals surface area contributed by atoms with Crippen LogP contribution in [0.5, 0.6) is 5.75 Å². The highest BCUT2D eigenvalue weighted by molar-refractivity contribution is 6.62. The maximum atomic E-state index is 11.5. The number of nitrogens with one attached hydrogen (secondary N) is 1. The van der Waals surface area contributed by atoms with E-state index < -0.39 is 61.5 Å². The van der Waals surface area contributed by atoms with Crippen LogP contribution in [-0.4, -0.2) is 76.8 Å². The van der Waals surface area contributed by atoms with Crippen LogP contribution in [0.15, 0.2) is 24.3 Å². The van der Waals surface area contributed by atoms with Gasteiger partial charge in [0.15, 0.2) is 0 Å². The lowest BCUT2D eigenvalue weighted by Crippen LogP contribution is -2.65. The maximum Gasteiger partial charge on any atom is 0.494 e. The molecule has 1 aromatic rings. The summed E-state index contributed by atoms with van der Waals surface area (Å²) in [5.74, 6) is -0.00194. The van der Waals surface area contributed by atoms with Crippen molar-refractivity contribution >= 4 is 18.5 Å². The number of amides is 1. The zero-order valence-corrected chi connectivity index (χ0v) is 17.9. The number of carbonyl (C=O) groups is 1. The molecular formula is C20H30BNO8. The summed E-state index contributed by atoms with van der Waals surface area (Å²) >= 11 is 0. The summed E-state index contributed by atoms with van der Waals surface area (Å²) in [7, 11) is -0.516. The molecule has 0 radical (unpaired) electrons. The third-order valence-electron chi connectivity index (χ3n) is 5.91. The second-order valence-corrected chi connectivity index (χ2v) is 8.71. The summed E-state index contributed by atoms with van der Waals surface area (Å²) in [5, 5.41) is 32.4. The summed E-state index contributed by atoms with van der Waals surface area (Å²) in [6.07, 6.45) is -4.88. The molecule has 10 heteroatoms. The van der Waals surface area contributed by atoms with Gasteiger partial charge < -0.3 is 39.4 Å². The van der Waals surface area contributed by atoms with E-state index in [0.717, 1.165) is 5.46 Å². The molecule has 3 unspecified atom stereocenters. The summed E-state index contributed by atoms with van der Waals surface area (Å²) in [4.78, 5) is 11.5. The highest BCUT2D eigenvalue weighted by Crippen LogP contribution is 2.36. The van der Waals surface area contributed by atoms with Crippen LogP contribution in [-0.2, 0) is 18.8 Å². The molecule has 30 heavy (non-hydrogen) atoms. The van der Waals surface area contributed by atoms with Gasteiger partial charge in [-0.1, -0.05) is 12.1 Å². The molecule has 0 bridgehead atoms. The van der Waals surface area contributed by atoms with Gasteiger partial charge in [-0.15, -0.1) is 0 Å². The van der Waals surface area contributed by atoms with E-state index in [1.54, 1.807) is 24.3 Å². The van der Waals surface area contributed by atoms with Gasteiger partial charge in [-0.25, -0.2) is 0 Å². The Bertz CT molecular complexity index is 740. The largest absolute Gasteiger partial charge is 0.494 e. The molecule has 0 aromatic heterocycles. The molecule has 4 N–H and O–H groups in total. The number of hydrogen-bond acceptors (Lipinski definition) is 8. The molecule has 0 aliphatic carbocycles. The number of carbonyl (C=O) groups excluding carboxylic acids is 1. The average Bonchev–Trinajstić information content (AvgIpc) is 2.89. The first kappa shape index (κ1) is 23.0. The molecule has 2 fully saturated rings. The van der Waals surface area contributed by atoms with Crippen LogP contribution in [0.3, 0.4) is 0 Å². The number of aliphatic hydroxyl groups is 3. The van der Waals surface area contributed by atoms with Gasteiger partial charge in [0.1, 0.15) is 30.1 Å². The Morgan fingerprint density at radius 3 is 2.17 bits per heavy atom. The number of benzene rings is 1. The summed E-state index contributed by atoms with van der Waals surface area (Å²) in [6.45, 7) is 8.68. The monoisotopic (exact) mass is 423 g/mol. The zero-order chi connectivity index (χ0) is 22.3.